The topological polar surface area (TPSA) is 76.2 Å². The smallest absolute Gasteiger partial charge is 0.270 e. The van der Waals surface area contributed by atoms with Crippen LogP contribution in [0.4, 0.5) is 0 Å². The molecule has 1 fully saturated rings. The van der Waals surface area contributed by atoms with Crippen LogP contribution in [0, 0.1) is 6.92 Å². The zero-order valence-corrected chi connectivity index (χ0v) is 12.9. The molecular formula is C15H21N5O2. The van der Waals surface area contributed by atoms with Crippen molar-refractivity contribution in [3.63, 3.8) is 0 Å². The number of rotatable bonds is 3. The lowest BCUT2D eigenvalue weighted by Gasteiger charge is -2.39. The van der Waals surface area contributed by atoms with Gasteiger partial charge in [-0.1, -0.05) is 5.21 Å². The molecule has 7 heteroatoms. The number of piperidine rings is 1. The fraction of sp³-hybridized carbons (Fsp3) is 0.533. The zero-order valence-electron chi connectivity index (χ0n) is 12.9. The predicted molar refractivity (Wildman–Crippen MR) is 80.3 cm³/mol. The van der Waals surface area contributed by atoms with Gasteiger partial charge >= 0.3 is 0 Å². The summed E-state index contributed by atoms with van der Waals surface area (Å²) in [6, 6.07) is 3.77. The second-order valence-corrected chi connectivity index (χ2v) is 6.07. The molecule has 0 aliphatic carbocycles. The van der Waals surface area contributed by atoms with E-state index in [9.17, 15) is 9.90 Å². The molecule has 7 nitrogen and oxygen atoms in total. The van der Waals surface area contributed by atoms with Crippen molar-refractivity contribution in [3.05, 3.63) is 35.9 Å². The first-order valence-corrected chi connectivity index (χ1v) is 7.47. The molecule has 0 spiro atoms. The number of β-amino-alcohol motifs (C(OH)–C–C–N with tert-alkyl or cyclic N) is 1. The van der Waals surface area contributed by atoms with Gasteiger partial charge in [0.05, 0.1) is 19.3 Å². The molecule has 1 atom stereocenters. The molecule has 2 aromatic rings. The van der Waals surface area contributed by atoms with Gasteiger partial charge in [0.15, 0.2) is 0 Å². The molecule has 3 heterocycles. The van der Waals surface area contributed by atoms with Crippen LogP contribution < -0.4 is 0 Å². The van der Waals surface area contributed by atoms with Crippen molar-refractivity contribution >= 4 is 5.91 Å². The van der Waals surface area contributed by atoms with Gasteiger partial charge in [0.1, 0.15) is 11.3 Å². The van der Waals surface area contributed by atoms with Gasteiger partial charge in [0.25, 0.3) is 5.91 Å². The van der Waals surface area contributed by atoms with Crippen LogP contribution in [0.25, 0.3) is 0 Å². The van der Waals surface area contributed by atoms with Crippen LogP contribution in [0.3, 0.4) is 0 Å². The second kappa shape index (κ2) is 5.57. The Bertz CT molecular complexity index is 664. The number of hydrogen-bond donors (Lipinski definition) is 1. The van der Waals surface area contributed by atoms with Crippen LogP contribution in [0.2, 0.25) is 0 Å². The van der Waals surface area contributed by atoms with Crippen molar-refractivity contribution in [2.45, 2.75) is 31.9 Å². The Balaban J connectivity index is 1.75. The summed E-state index contributed by atoms with van der Waals surface area (Å²) in [6.45, 7) is 3.30. The van der Waals surface area contributed by atoms with E-state index in [4.69, 9.17) is 0 Å². The summed E-state index contributed by atoms with van der Waals surface area (Å²) in [4.78, 5) is 14.4. The van der Waals surface area contributed by atoms with Crippen LogP contribution in [-0.2, 0) is 13.6 Å². The number of aryl methyl sites for hydroxylation is 1. The molecule has 0 bridgehead atoms. The fourth-order valence-electron chi connectivity index (χ4n) is 3.02. The summed E-state index contributed by atoms with van der Waals surface area (Å²) < 4.78 is 3.49. The highest BCUT2D eigenvalue weighted by atomic mass is 16.3. The third-order valence-electron chi connectivity index (χ3n) is 4.36. The normalized spacial score (nSPS) is 22.0. The molecule has 1 N–H and O–H groups in total. The first kappa shape index (κ1) is 14.8. The lowest BCUT2D eigenvalue weighted by atomic mass is 9.92. The Morgan fingerprint density at radius 1 is 1.45 bits per heavy atom. The summed E-state index contributed by atoms with van der Waals surface area (Å²) in [5.41, 5.74) is 0.739. The Labute approximate surface area is 129 Å². The molecule has 2 aromatic heterocycles. The van der Waals surface area contributed by atoms with E-state index in [1.54, 1.807) is 22.0 Å². The lowest BCUT2D eigenvalue weighted by Crippen LogP contribution is -2.52. The number of carbonyl (C=O) groups excluding carboxylic acids is 1. The van der Waals surface area contributed by atoms with Gasteiger partial charge in [-0.05, 0) is 31.9 Å². The SMILES string of the molecule is Cc1ccc(C(=O)N2CCCC(O)(Cn3ccnn3)C2)n1C. The van der Waals surface area contributed by atoms with E-state index in [1.807, 2.05) is 30.7 Å². The summed E-state index contributed by atoms with van der Waals surface area (Å²) >= 11 is 0. The van der Waals surface area contributed by atoms with Gasteiger partial charge in [0.2, 0.25) is 0 Å². The molecule has 1 unspecified atom stereocenters. The maximum absolute atomic E-state index is 12.7. The number of likely N-dealkylation sites (tertiary alicyclic amines) is 1. The second-order valence-electron chi connectivity index (χ2n) is 6.07. The largest absolute Gasteiger partial charge is 0.386 e. The minimum atomic E-state index is -0.957. The average molecular weight is 303 g/mol. The van der Waals surface area contributed by atoms with Crippen molar-refractivity contribution < 1.29 is 9.90 Å². The Morgan fingerprint density at radius 3 is 2.91 bits per heavy atom. The molecular weight excluding hydrogens is 282 g/mol. The van der Waals surface area contributed by atoms with Crippen LogP contribution >= 0.6 is 0 Å². The predicted octanol–water partition coefficient (Wildman–Crippen LogP) is 0.592. The van der Waals surface area contributed by atoms with Crippen molar-refractivity contribution in [1.82, 2.24) is 24.5 Å². The number of aromatic nitrogens is 4. The van der Waals surface area contributed by atoms with Crippen LogP contribution in [0.5, 0.6) is 0 Å². The van der Waals surface area contributed by atoms with E-state index in [2.05, 4.69) is 10.3 Å². The number of nitrogens with zero attached hydrogens (tertiary/aromatic N) is 5. The van der Waals surface area contributed by atoms with E-state index >= 15 is 0 Å². The number of aliphatic hydroxyl groups is 1. The Morgan fingerprint density at radius 2 is 2.27 bits per heavy atom. The van der Waals surface area contributed by atoms with Crippen molar-refractivity contribution in [3.8, 4) is 0 Å². The number of amides is 1. The highest BCUT2D eigenvalue weighted by Gasteiger charge is 2.36. The minimum Gasteiger partial charge on any atom is -0.386 e. The third kappa shape index (κ3) is 2.76. The molecule has 1 aliphatic heterocycles. The first-order chi connectivity index (χ1) is 10.5. The third-order valence-corrected chi connectivity index (χ3v) is 4.36. The van der Waals surface area contributed by atoms with E-state index in [0.717, 1.165) is 12.1 Å². The Kier molecular flexibility index (Phi) is 3.74. The molecule has 0 saturated carbocycles. The summed E-state index contributed by atoms with van der Waals surface area (Å²) in [7, 11) is 1.88. The summed E-state index contributed by atoms with van der Waals surface area (Å²) in [5.74, 6) is -0.0349. The van der Waals surface area contributed by atoms with Crippen molar-refractivity contribution in [2.24, 2.45) is 7.05 Å². The molecule has 1 amide bonds. The summed E-state index contributed by atoms with van der Waals surface area (Å²) in [6.07, 6.45) is 4.74. The molecule has 1 aliphatic rings. The van der Waals surface area contributed by atoms with Gasteiger partial charge in [-0.15, -0.1) is 5.10 Å². The van der Waals surface area contributed by atoms with Gasteiger partial charge in [0, 0.05) is 25.5 Å². The maximum atomic E-state index is 12.7. The summed E-state index contributed by atoms with van der Waals surface area (Å²) in [5, 5.41) is 18.4. The number of carbonyl (C=O) groups is 1. The van der Waals surface area contributed by atoms with Gasteiger partial charge in [-0.2, -0.15) is 0 Å². The quantitative estimate of drug-likeness (QED) is 0.900. The van der Waals surface area contributed by atoms with Crippen molar-refractivity contribution in [2.75, 3.05) is 13.1 Å². The average Bonchev–Trinajstić information content (AvgIpc) is 3.09. The minimum absolute atomic E-state index is 0.0349. The van der Waals surface area contributed by atoms with E-state index in [-0.39, 0.29) is 5.91 Å². The first-order valence-electron chi connectivity index (χ1n) is 7.47. The fourth-order valence-corrected chi connectivity index (χ4v) is 3.02. The van der Waals surface area contributed by atoms with Gasteiger partial charge in [-0.25, -0.2) is 4.68 Å². The number of hydrogen-bond acceptors (Lipinski definition) is 4. The molecule has 118 valence electrons. The molecule has 3 rings (SSSR count). The molecule has 1 saturated heterocycles. The molecule has 0 aromatic carbocycles. The highest BCUT2D eigenvalue weighted by Crippen LogP contribution is 2.24. The van der Waals surface area contributed by atoms with Crippen LogP contribution in [0.1, 0.15) is 29.0 Å². The standard InChI is InChI=1S/C15H21N5O2/c1-12-4-5-13(18(12)2)14(21)19-8-3-6-15(22,10-19)11-20-9-7-16-17-20/h4-5,7,9,22H,3,6,8,10-11H2,1-2H3. The molecule has 0 radical (unpaired) electrons. The van der Waals surface area contributed by atoms with Gasteiger partial charge in [-0.3, -0.25) is 4.79 Å². The van der Waals surface area contributed by atoms with Crippen LogP contribution in [-0.4, -0.2) is 54.2 Å². The maximum Gasteiger partial charge on any atom is 0.270 e. The van der Waals surface area contributed by atoms with Crippen LogP contribution in [0.15, 0.2) is 24.5 Å². The van der Waals surface area contributed by atoms with E-state index in [1.165, 1.54) is 0 Å². The van der Waals surface area contributed by atoms with Crippen molar-refractivity contribution in [1.29, 1.82) is 0 Å². The van der Waals surface area contributed by atoms with E-state index < -0.39 is 5.60 Å². The monoisotopic (exact) mass is 303 g/mol. The Hall–Kier alpha value is -2.15. The zero-order chi connectivity index (χ0) is 15.7. The lowest BCUT2D eigenvalue weighted by molar-refractivity contribution is -0.0389. The van der Waals surface area contributed by atoms with Gasteiger partial charge < -0.3 is 14.6 Å². The highest BCUT2D eigenvalue weighted by molar-refractivity contribution is 5.93. The van der Waals surface area contributed by atoms with E-state index in [0.29, 0.717) is 31.7 Å². The molecule has 22 heavy (non-hydrogen) atoms.